The van der Waals surface area contributed by atoms with Crippen molar-refractivity contribution in [1.82, 2.24) is 5.32 Å². The molecule has 0 radical (unpaired) electrons. The van der Waals surface area contributed by atoms with Crippen LogP contribution in [0.5, 0.6) is 0 Å². The van der Waals surface area contributed by atoms with Gasteiger partial charge >= 0.3 is 0 Å². The fourth-order valence-electron chi connectivity index (χ4n) is 2.18. The van der Waals surface area contributed by atoms with Gasteiger partial charge in [0.25, 0.3) is 0 Å². The highest BCUT2D eigenvalue weighted by Crippen LogP contribution is 2.13. The number of amides is 1. The number of hydrogen-bond donors (Lipinski definition) is 2. The summed E-state index contributed by atoms with van der Waals surface area (Å²) in [5.74, 6) is 1.11. The van der Waals surface area contributed by atoms with Crippen molar-refractivity contribution in [2.45, 2.75) is 59.4 Å². The maximum Gasteiger partial charge on any atom is 0.243 e. The summed E-state index contributed by atoms with van der Waals surface area (Å²) in [5.41, 5.74) is 4.19. The molecule has 26 heavy (non-hydrogen) atoms. The molecule has 4 heteroatoms. The number of carbonyl (C=O) groups is 1. The Morgan fingerprint density at radius 2 is 1.65 bits per heavy atom. The van der Waals surface area contributed by atoms with Crippen LogP contribution >= 0.6 is 11.8 Å². The minimum absolute atomic E-state index is 0.0258. The highest BCUT2D eigenvalue weighted by Gasteiger charge is 2.13. The van der Waals surface area contributed by atoms with Crippen LogP contribution in [0.4, 0.5) is 0 Å². The lowest BCUT2D eigenvalue weighted by Crippen LogP contribution is -2.36. The van der Waals surface area contributed by atoms with E-state index in [1.807, 2.05) is 0 Å². The smallest absolute Gasteiger partial charge is 0.243 e. The highest BCUT2D eigenvalue weighted by molar-refractivity contribution is 7.99. The molecule has 1 amide bonds. The Hall–Kier alpha value is -1.68. The van der Waals surface area contributed by atoms with E-state index in [-0.39, 0.29) is 11.7 Å². The maximum absolute atomic E-state index is 11.3. The number of aliphatic hydroxyl groups is 1. The predicted octanol–water partition coefficient (Wildman–Crippen LogP) is 5.88. The summed E-state index contributed by atoms with van der Waals surface area (Å²) in [6.45, 7) is 15.5. The second-order valence-corrected chi connectivity index (χ2v) is 7.83. The van der Waals surface area contributed by atoms with Crippen LogP contribution in [0.3, 0.4) is 0 Å². The first-order valence-corrected chi connectivity index (χ1v) is 10.2. The Morgan fingerprint density at radius 3 is 2.19 bits per heavy atom. The molecule has 0 aliphatic heterocycles. The first-order chi connectivity index (χ1) is 12.3. The number of allylic oxidation sites excluding steroid dienone is 5. The van der Waals surface area contributed by atoms with E-state index in [0.717, 1.165) is 31.4 Å². The molecule has 2 N–H and O–H groups in total. The van der Waals surface area contributed by atoms with Gasteiger partial charge in [0.1, 0.15) is 5.76 Å². The van der Waals surface area contributed by atoms with Crippen LogP contribution < -0.4 is 5.32 Å². The van der Waals surface area contributed by atoms with E-state index in [1.54, 1.807) is 11.8 Å². The lowest BCUT2D eigenvalue weighted by molar-refractivity contribution is -0.117. The summed E-state index contributed by atoms with van der Waals surface area (Å²) in [6.07, 6.45) is 12.4. The fourth-order valence-corrected chi connectivity index (χ4v) is 3.23. The Kier molecular flexibility index (Phi) is 13.5. The monoisotopic (exact) mass is 377 g/mol. The average Bonchev–Trinajstić information content (AvgIpc) is 2.56. The van der Waals surface area contributed by atoms with Crippen molar-refractivity contribution in [2.75, 3.05) is 11.5 Å². The van der Waals surface area contributed by atoms with Gasteiger partial charge in [0.2, 0.25) is 5.91 Å². The third kappa shape index (κ3) is 13.6. The van der Waals surface area contributed by atoms with Crippen LogP contribution in [0.25, 0.3) is 0 Å². The summed E-state index contributed by atoms with van der Waals surface area (Å²) in [4.78, 5) is 11.3. The van der Waals surface area contributed by atoms with Crippen LogP contribution in [0.2, 0.25) is 0 Å². The van der Waals surface area contributed by atoms with E-state index in [9.17, 15) is 9.90 Å². The molecule has 0 aromatic rings. The molecule has 3 nitrogen and oxygen atoms in total. The minimum atomic E-state index is -0.439. The van der Waals surface area contributed by atoms with Crippen molar-refractivity contribution in [2.24, 2.45) is 0 Å². The molecule has 0 bridgehead atoms. The first-order valence-electron chi connectivity index (χ1n) is 9.09. The molecule has 0 saturated heterocycles. The lowest BCUT2D eigenvalue weighted by Gasteiger charge is -2.15. The van der Waals surface area contributed by atoms with Gasteiger partial charge in [-0.25, -0.2) is 0 Å². The van der Waals surface area contributed by atoms with Crippen LogP contribution in [-0.2, 0) is 4.79 Å². The van der Waals surface area contributed by atoms with Crippen molar-refractivity contribution in [1.29, 1.82) is 0 Å². The van der Waals surface area contributed by atoms with Crippen molar-refractivity contribution in [3.63, 3.8) is 0 Å². The van der Waals surface area contributed by atoms with Gasteiger partial charge in [-0.1, -0.05) is 48.1 Å². The Balaban J connectivity index is 4.13. The second-order valence-electron chi connectivity index (χ2n) is 6.75. The molecule has 1 atom stereocenters. The third-order valence-corrected chi connectivity index (χ3v) is 4.83. The summed E-state index contributed by atoms with van der Waals surface area (Å²) in [6, 6.07) is -0.439. The molecule has 0 heterocycles. The SMILES string of the molecule is C=CC(=O)NC(CSC/C=C(\C)CC/C=C(\C)CCC=C(C)C)C(=C)O. The van der Waals surface area contributed by atoms with E-state index in [4.69, 9.17) is 0 Å². The van der Waals surface area contributed by atoms with Gasteiger partial charge in [0.05, 0.1) is 6.04 Å². The number of hydrogen-bond acceptors (Lipinski definition) is 3. The fraction of sp³-hybridized carbons (Fsp3) is 0.500. The van der Waals surface area contributed by atoms with Gasteiger partial charge in [0, 0.05) is 11.5 Å². The molecule has 0 aromatic carbocycles. The highest BCUT2D eigenvalue weighted by atomic mass is 32.2. The molecular weight excluding hydrogens is 342 g/mol. The summed E-state index contributed by atoms with van der Waals surface area (Å²) in [7, 11) is 0. The van der Waals surface area contributed by atoms with E-state index >= 15 is 0 Å². The molecule has 0 spiro atoms. The first kappa shape index (κ1) is 24.3. The standard InChI is InChI=1S/C22H35NO2S/c1-7-22(25)23-21(20(6)24)16-26-15-14-19(5)13-9-12-18(4)11-8-10-17(2)3/h7,10,12,14,21,24H,1,6,8-9,11,13,15-16H2,2-5H3,(H,23,25)/b18-12+,19-14+. The van der Waals surface area contributed by atoms with Gasteiger partial charge < -0.3 is 10.4 Å². The van der Waals surface area contributed by atoms with E-state index in [0.29, 0.717) is 5.75 Å². The molecule has 1 unspecified atom stereocenters. The summed E-state index contributed by atoms with van der Waals surface area (Å²) < 4.78 is 0. The summed E-state index contributed by atoms with van der Waals surface area (Å²) >= 11 is 1.66. The number of rotatable bonds is 13. The predicted molar refractivity (Wildman–Crippen MR) is 117 cm³/mol. The third-order valence-electron chi connectivity index (χ3n) is 3.86. The molecule has 0 saturated carbocycles. The zero-order valence-corrected chi connectivity index (χ0v) is 17.6. The molecule has 146 valence electrons. The molecule has 0 fully saturated rings. The zero-order chi connectivity index (χ0) is 19.9. The van der Waals surface area contributed by atoms with Gasteiger partial charge in [-0.2, -0.15) is 11.8 Å². The number of carbonyl (C=O) groups excluding carboxylic acids is 1. The van der Waals surface area contributed by atoms with Gasteiger partial charge in [-0.05, 0) is 59.5 Å². The van der Waals surface area contributed by atoms with Crippen molar-refractivity contribution in [3.8, 4) is 0 Å². The molecule has 0 rings (SSSR count). The summed E-state index contributed by atoms with van der Waals surface area (Å²) in [5, 5.41) is 12.2. The average molecular weight is 378 g/mol. The number of thioether (sulfide) groups is 1. The van der Waals surface area contributed by atoms with Crippen LogP contribution in [0.1, 0.15) is 53.4 Å². The lowest BCUT2D eigenvalue weighted by atomic mass is 10.1. The van der Waals surface area contributed by atoms with E-state index < -0.39 is 6.04 Å². The largest absolute Gasteiger partial charge is 0.511 e. The van der Waals surface area contributed by atoms with E-state index in [1.165, 1.54) is 22.8 Å². The van der Waals surface area contributed by atoms with Crippen LogP contribution in [0.15, 0.2) is 59.9 Å². The normalized spacial score (nSPS) is 13.1. The van der Waals surface area contributed by atoms with Crippen molar-refractivity contribution in [3.05, 3.63) is 59.9 Å². The Bertz CT molecular complexity index is 554. The minimum Gasteiger partial charge on any atom is -0.511 e. The molecule has 0 aliphatic carbocycles. The van der Waals surface area contributed by atoms with E-state index in [2.05, 4.69) is 64.4 Å². The van der Waals surface area contributed by atoms with Gasteiger partial charge in [0.15, 0.2) is 0 Å². The molecular formula is C22H35NO2S. The second kappa shape index (κ2) is 14.5. The Morgan fingerprint density at radius 1 is 1.08 bits per heavy atom. The van der Waals surface area contributed by atoms with Crippen LogP contribution in [-0.4, -0.2) is 28.6 Å². The molecule has 0 aliphatic rings. The number of nitrogens with one attached hydrogen (secondary N) is 1. The quantitative estimate of drug-likeness (QED) is 0.182. The molecule has 0 aromatic heterocycles. The van der Waals surface area contributed by atoms with Crippen molar-refractivity contribution < 1.29 is 9.90 Å². The number of aliphatic hydroxyl groups excluding tert-OH is 1. The zero-order valence-electron chi connectivity index (χ0n) is 16.8. The maximum atomic E-state index is 11.3. The van der Waals surface area contributed by atoms with Gasteiger partial charge in [-0.15, -0.1) is 0 Å². The van der Waals surface area contributed by atoms with Crippen LogP contribution in [0, 0.1) is 0 Å². The Labute approximate surface area is 164 Å². The van der Waals surface area contributed by atoms with Crippen molar-refractivity contribution >= 4 is 17.7 Å². The van der Waals surface area contributed by atoms with Gasteiger partial charge in [-0.3, -0.25) is 4.79 Å². The topological polar surface area (TPSA) is 49.3 Å².